The molecule has 0 fully saturated rings. The molecule has 0 aromatic heterocycles. The van der Waals surface area contributed by atoms with Crippen LogP contribution in [0.5, 0.6) is 0 Å². The fraction of sp³-hybridized carbons (Fsp3) is 0.310. The molecule has 208 valence electrons. The Morgan fingerprint density at radius 2 is 1.54 bits per heavy atom. The van der Waals surface area contributed by atoms with Crippen molar-refractivity contribution in [3.05, 3.63) is 94.8 Å². The summed E-state index contributed by atoms with van der Waals surface area (Å²) in [5.74, 6) is -1.40. The first kappa shape index (κ1) is 30.1. The number of rotatable bonds is 11. The number of aryl methyl sites for hydroxylation is 1. The molecule has 10 heteroatoms. The van der Waals surface area contributed by atoms with E-state index >= 15 is 0 Å². The number of carbonyl (C=O) groups excluding carboxylic acids is 2. The summed E-state index contributed by atoms with van der Waals surface area (Å²) >= 11 is 5.97. The topological polar surface area (TPSA) is 86.8 Å². The van der Waals surface area contributed by atoms with Crippen LogP contribution >= 0.6 is 11.6 Å². The number of amides is 2. The lowest BCUT2D eigenvalue weighted by atomic mass is 10.1. The number of anilines is 1. The Kier molecular flexibility index (Phi) is 10.1. The SMILES string of the molecule is CC[C@@H](C)NC(=O)[C@H](C)N(Cc1ccc(F)cc1)C(=O)CN(c1ccc(C)cc1)S(=O)(=O)c1ccc(Cl)cc1. The lowest BCUT2D eigenvalue weighted by molar-refractivity contribution is -0.139. The molecule has 0 aliphatic heterocycles. The van der Waals surface area contributed by atoms with Crippen molar-refractivity contribution >= 4 is 39.1 Å². The summed E-state index contributed by atoms with van der Waals surface area (Å²) in [6.07, 6.45) is 0.699. The van der Waals surface area contributed by atoms with Crippen molar-refractivity contribution in [1.82, 2.24) is 10.2 Å². The molecule has 0 unspecified atom stereocenters. The van der Waals surface area contributed by atoms with E-state index in [2.05, 4.69) is 5.32 Å². The average molecular weight is 574 g/mol. The van der Waals surface area contributed by atoms with Gasteiger partial charge in [-0.1, -0.05) is 48.4 Å². The highest BCUT2D eigenvalue weighted by molar-refractivity contribution is 7.92. The summed E-state index contributed by atoms with van der Waals surface area (Å²) in [7, 11) is -4.18. The molecule has 0 heterocycles. The fourth-order valence-corrected chi connectivity index (χ4v) is 5.35. The van der Waals surface area contributed by atoms with Crippen LogP contribution in [0.25, 0.3) is 0 Å². The number of hydrogen-bond acceptors (Lipinski definition) is 4. The average Bonchev–Trinajstić information content (AvgIpc) is 2.91. The maximum absolute atomic E-state index is 13.8. The molecule has 0 aliphatic rings. The highest BCUT2D eigenvalue weighted by atomic mass is 35.5. The van der Waals surface area contributed by atoms with Gasteiger partial charge in [-0.25, -0.2) is 12.8 Å². The molecule has 0 radical (unpaired) electrons. The second kappa shape index (κ2) is 13.1. The smallest absolute Gasteiger partial charge is 0.264 e. The zero-order valence-corrected chi connectivity index (χ0v) is 24.0. The van der Waals surface area contributed by atoms with Gasteiger partial charge < -0.3 is 10.2 Å². The summed E-state index contributed by atoms with van der Waals surface area (Å²) < 4.78 is 42.1. The van der Waals surface area contributed by atoms with E-state index in [1.165, 1.54) is 53.4 Å². The van der Waals surface area contributed by atoms with E-state index in [0.717, 1.165) is 9.87 Å². The van der Waals surface area contributed by atoms with Gasteiger partial charge in [-0.15, -0.1) is 0 Å². The molecule has 0 spiro atoms. The molecule has 2 amide bonds. The minimum atomic E-state index is -4.18. The second-order valence-electron chi connectivity index (χ2n) is 9.44. The summed E-state index contributed by atoms with van der Waals surface area (Å²) in [5, 5.41) is 3.25. The van der Waals surface area contributed by atoms with Gasteiger partial charge in [-0.3, -0.25) is 13.9 Å². The first-order valence-electron chi connectivity index (χ1n) is 12.6. The van der Waals surface area contributed by atoms with Crippen LogP contribution in [-0.2, 0) is 26.2 Å². The lowest BCUT2D eigenvalue weighted by Gasteiger charge is -2.32. The second-order valence-corrected chi connectivity index (χ2v) is 11.7. The Hall–Kier alpha value is -3.43. The predicted octanol–water partition coefficient (Wildman–Crippen LogP) is 5.31. The minimum absolute atomic E-state index is 0.0169. The van der Waals surface area contributed by atoms with Crippen molar-refractivity contribution in [2.45, 2.75) is 57.6 Å². The number of hydrogen-bond donors (Lipinski definition) is 1. The van der Waals surface area contributed by atoms with Crippen LogP contribution in [0, 0.1) is 12.7 Å². The summed E-state index contributed by atoms with van der Waals surface area (Å²) in [5.41, 5.74) is 1.81. The van der Waals surface area contributed by atoms with Crippen molar-refractivity contribution in [2.75, 3.05) is 10.8 Å². The lowest BCUT2D eigenvalue weighted by Crippen LogP contribution is -2.52. The van der Waals surface area contributed by atoms with Crippen molar-refractivity contribution in [3.8, 4) is 0 Å². The quantitative estimate of drug-likeness (QED) is 0.337. The summed E-state index contributed by atoms with van der Waals surface area (Å²) in [6, 6.07) is 17.0. The van der Waals surface area contributed by atoms with Crippen LogP contribution in [-0.4, -0.2) is 43.8 Å². The van der Waals surface area contributed by atoms with Gasteiger partial charge in [0.15, 0.2) is 0 Å². The molecule has 2 atom stereocenters. The molecule has 7 nitrogen and oxygen atoms in total. The van der Waals surface area contributed by atoms with Crippen LogP contribution < -0.4 is 9.62 Å². The van der Waals surface area contributed by atoms with Gasteiger partial charge >= 0.3 is 0 Å². The Balaban J connectivity index is 2.01. The molecular weight excluding hydrogens is 541 g/mol. The molecule has 3 aromatic carbocycles. The minimum Gasteiger partial charge on any atom is -0.352 e. The monoisotopic (exact) mass is 573 g/mol. The molecule has 0 bridgehead atoms. The van der Waals surface area contributed by atoms with Crippen molar-refractivity contribution < 1.29 is 22.4 Å². The maximum atomic E-state index is 13.8. The van der Waals surface area contributed by atoms with Crippen molar-refractivity contribution in [1.29, 1.82) is 0 Å². The van der Waals surface area contributed by atoms with Gasteiger partial charge in [0.05, 0.1) is 10.6 Å². The Labute approximate surface area is 234 Å². The number of carbonyl (C=O) groups is 2. The molecular formula is C29H33ClFN3O4S. The van der Waals surface area contributed by atoms with Crippen LogP contribution in [0.2, 0.25) is 5.02 Å². The third kappa shape index (κ3) is 7.80. The van der Waals surface area contributed by atoms with Crippen LogP contribution in [0.15, 0.2) is 77.7 Å². The Bertz CT molecular complexity index is 1380. The Morgan fingerprint density at radius 3 is 2.10 bits per heavy atom. The fourth-order valence-electron chi connectivity index (χ4n) is 3.81. The maximum Gasteiger partial charge on any atom is 0.264 e. The molecule has 39 heavy (non-hydrogen) atoms. The van der Waals surface area contributed by atoms with Crippen molar-refractivity contribution in [3.63, 3.8) is 0 Å². The van der Waals surface area contributed by atoms with Gasteiger partial charge in [0.25, 0.3) is 10.0 Å². The van der Waals surface area contributed by atoms with E-state index in [4.69, 9.17) is 11.6 Å². The number of halogens is 2. The first-order chi connectivity index (χ1) is 18.4. The van der Waals surface area contributed by atoms with E-state index in [-0.39, 0.29) is 23.4 Å². The standard InChI is InChI=1S/C29H33ClFN3O4S/c1-5-21(3)32-29(36)22(4)33(18-23-8-12-25(31)13-9-23)28(35)19-34(26-14-6-20(2)7-15-26)39(37,38)27-16-10-24(30)11-17-27/h6-17,21-22H,5,18-19H2,1-4H3,(H,32,36)/t21-,22+/m1/s1. The van der Waals surface area contributed by atoms with E-state index in [0.29, 0.717) is 22.7 Å². The normalized spacial score (nSPS) is 12.9. The number of benzene rings is 3. The molecule has 0 saturated carbocycles. The number of nitrogens with zero attached hydrogens (tertiary/aromatic N) is 2. The third-order valence-electron chi connectivity index (χ3n) is 6.44. The molecule has 0 saturated heterocycles. The van der Waals surface area contributed by atoms with Crippen LogP contribution in [0.3, 0.4) is 0 Å². The van der Waals surface area contributed by atoms with Gasteiger partial charge in [-0.2, -0.15) is 0 Å². The molecule has 3 rings (SSSR count). The van der Waals surface area contributed by atoms with E-state index in [1.54, 1.807) is 31.2 Å². The van der Waals surface area contributed by atoms with Gasteiger partial charge in [0.1, 0.15) is 18.4 Å². The molecule has 1 N–H and O–H groups in total. The summed E-state index contributed by atoms with van der Waals surface area (Å²) in [4.78, 5) is 28.2. The summed E-state index contributed by atoms with van der Waals surface area (Å²) in [6.45, 7) is 6.66. The van der Waals surface area contributed by atoms with Crippen LogP contribution in [0.4, 0.5) is 10.1 Å². The zero-order valence-electron chi connectivity index (χ0n) is 22.4. The third-order valence-corrected chi connectivity index (χ3v) is 8.48. The Morgan fingerprint density at radius 1 is 0.949 bits per heavy atom. The molecule has 3 aromatic rings. The number of nitrogens with one attached hydrogen (secondary N) is 1. The van der Waals surface area contributed by atoms with Crippen LogP contribution in [0.1, 0.15) is 38.3 Å². The predicted molar refractivity (Wildman–Crippen MR) is 151 cm³/mol. The van der Waals surface area contributed by atoms with Gasteiger partial charge in [0, 0.05) is 17.6 Å². The highest BCUT2D eigenvalue weighted by Crippen LogP contribution is 2.26. The van der Waals surface area contributed by atoms with E-state index in [1.807, 2.05) is 20.8 Å². The zero-order chi connectivity index (χ0) is 28.7. The number of sulfonamides is 1. The van der Waals surface area contributed by atoms with Crippen molar-refractivity contribution in [2.24, 2.45) is 0 Å². The van der Waals surface area contributed by atoms with Gasteiger partial charge in [0.2, 0.25) is 11.8 Å². The highest BCUT2D eigenvalue weighted by Gasteiger charge is 2.32. The van der Waals surface area contributed by atoms with E-state index in [9.17, 15) is 22.4 Å². The largest absolute Gasteiger partial charge is 0.352 e. The van der Waals surface area contributed by atoms with E-state index < -0.39 is 34.3 Å². The van der Waals surface area contributed by atoms with Gasteiger partial charge in [-0.05, 0) is 81.3 Å². The first-order valence-corrected chi connectivity index (χ1v) is 14.4. The molecule has 0 aliphatic carbocycles.